The van der Waals surface area contributed by atoms with Crippen LogP contribution in [0.4, 0.5) is 5.69 Å². The molecular weight excluding hydrogens is 270 g/mol. The number of hydrogen-bond acceptors (Lipinski definition) is 7. The molecule has 8 heteroatoms. The van der Waals surface area contributed by atoms with E-state index in [2.05, 4.69) is 0 Å². The molecule has 0 amide bonds. The molecule has 1 atom stereocenters. The van der Waals surface area contributed by atoms with E-state index >= 15 is 0 Å². The maximum atomic E-state index is 11.0. The van der Waals surface area contributed by atoms with Crippen molar-refractivity contribution in [1.82, 2.24) is 0 Å². The van der Waals surface area contributed by atoms with Gasteiger partial charge in [-0.3, -0.25) is 10.1 Å². The third kappa shape index (κ3) is 3.05. The molecule has 0 aromatic heterocycles. The molecule has 0 saturated carbocycles. The lowest BCUT2D eigenvalue weighted by Crippen LogP contribution is -2.07. The molecule has 20 heavy (non-hydrogen) atoms. The first-order valence-corrected chi connectivity index (χ1v) is 6.16. The summed E-state index contributed by atoms with van der Waals surface area (Å²) in [5.74, 6) is 0.352. The average Bonchev–Trinajstić information content (AvgIpc) is 3.10. The van der Waals surface area contributed by atoms with Crippen molar-refractivity contribution in [3.05, 3.63) is 33.9 Å². The van der Waals surface area contributed by atoms with Gasteiger partial charge in [0.1, 0.15) is 12.7 Å². The summed E-state index contributed by atoms with van der Waals surface area (Å²) in [6.07, 6.45) is -0.667. The van der Waals surface area contributed by atoms with E-state index in [-0.39, 0.29) is 11.8 Å². The molecule has 2 aliphatic heterocycles. The quantitative estimate of drug-likeness (QED) is 0.336. The molecule has 108 valence electrons. The van der Waals surface area contributed by atoms with Crippen LogP contribution in [0.3, 0.4) is 0 Å². The minimum atomic E-state index is -0.745. The summed E-state index contributed by atoms with van der Waals surface area (Å²) in [5.41, 5.74) is 0.242. The molecule has 2 heterocycles. The Morgan fingerprint density at radius 3 is 2.70 bits per heavy atom. The van der Waals surface area contributed by atoms with Gasteiger partial charge in [0.05, 0.1) is 30.3 Å². The van der Waals surface area contributed by atoms with Crippen molar-refractivity contribution in [3.63, 3.8) is 0 Å². The van der Waals surface area contributed by atoms with Crippen LogP contribution < -0.4 is 4.89 Å². The fourth-order valence-electron chi connectivity index (χ4n) is 1.82. The molecule has 0 radical (unpaired) electrons. The van der Waals surface area contributed by atoms with E-state index in [1.54, 1.807) is 0 Å². The fraction of sp³-hybridized carbons (Fsp3) is 0.500. The summed E-state index contributed by atoms with van der Waals surface area (Å²) in [4.78, 5) is 20.6. The highest BCUT2D eigenvalue weighted by Gasteiger charge is 2.28. The van der Waals surface area contributed by atoms with Crippen molar-refractivity contribution >= 4 is 5.69 Å². The molecule has 0 spiro atoms. The van der Waals surface area contributed by atoms with Gasteiger partial charge in [-0.15, -0.1) is 0 Å². The van der Waals surface area contributed by atoms with Gasteiger partial charge in [0, 0.05) is 6.07 Å². The lowest BCUT2D eigenvalue weighted by molar-refractivity contribution is -0.386. The summed E-state index contributed by atoms with van der Waals surface area (Å²) in [5, 5.41) is 11.0. The van der Waals surface area contributed by atoms with Crippen molar-refractivity contribution in [2.24, 2.45) is 0 Å². The Labute approximate surface area is 114 Å². The zero-order valence-corrected chi connectivity index (χ0v) is 10.5. The van der Waals surface area contributed by atoms with Crippen LogP contribution in [-0.4, -0.2) is 37.5 Å². The maximum absolute atomic E-state index is 11.0. The van der Waals surface area contributed by atoms with Crippen LogP contribution >= 0.6 is 0 Å². The van der Waals surface area contributed by atoms with E-state index in [4.69, 9.17) is 24.0 Å². The number of rotatable bonds is 6. The fourth-order valence-corrected chi connectivity index (χ4v) is 1.82. The Morgan fingerprint density at radius 2 is 2.05 bits per heavy atom. The van der Waals surface area contributed by atoms with Gasteiger partial charge >= 0.3 is 0 Å². The molecule has 2 saturated heterocycles. The third-order valence-corrected chi connectivity index (χ3v) is 2.88. The molecule has 8 nitrogen and oxygen atoms in total. The predicted octanol–water partition coefficient (Wildman–Crippen LogP) is 1.35. The molecule has 0 bridgehead atoms. The second kappa shape index (κ2) is 5.71. The van der Waals surface area contributed by atoms with Crippen molar-refractivity contribution in [1.29, 1.82) is 0 Å². The van der Waals surface area contributed by atoms with Crippen LogP contribution in [0.15, 0.2) is 18.2 Å². The number of nitro benzene ring substituents is 1. The Bertz CT molecular complexity index is 497. The summed E-state index contributed by atoms with van der Waals surface area (Å²) in [6.45, 7) is 1.80. The maximum Gasteiger partial charge on any atom is 0.277 e. The van der Waals surface area contributed by atoms with Gasteiger partial charge < -0.3 is 19.1 Å². The molecule has 2 fully saturated rings. The molecule has 1 aromatic rings. The minimum Gasteiger partial charge on any atom is -0.370 e. The number of benzene rings is 1. The molecule has 1 aromatic carbocycles. The zero-order chi connectivity index (χ0) is 13.9. The summed E-state index contributed by atoms with van der Waals surface area (Å²) in [7, 11) is 0. The van der Waals surface area contributed by atoms with E-state index < -0.39 is 11.2 Å². The highest BCUT2D eigenvalue weighted by atomic mass is 17.2. The summed E-state index contributed by atoms with van der Waals surface area (Å²) in [6, 6.07) is 4.29. The summed E-state index contributed by atoms with van der Waals surface area (Å²) >= 11 is 0. The van der Waals surface area contributed by atoms with E-state index in [9.17, 15) is 10.1 Å². The topological polar surface area (TPSA) is 92.6 Å². The molecule has 0 aliphatic carbocycles. The molecule has 2 aliphatic rings. The number of ether oxygens (including phenoxy) is 3. The Morgan fingerprint density at radius 1 is 1.30 bits per heavy atom. The minimum absolute atomic E-state index is 0.0743. The number of hydrogen-bond donors (Lipinski definition) is 0. The number of nitro groups is 1. The van der Waals surface area contributed by atoms with Crippen LogP contribution in [0.2, 0.25) is 0 Å². The second-order valence-corrected chi connectivity index (χ2v) is 4.37. The third-order valence-electron chi connectivity index (χ3n) is 2.88. The highest BCUT2D eigenvalue weighted by molar-refractivity contribution is 5.46. The normalized spacial score (nSPS) is 21.9. The Hall–Kier alpha value is -1.74. The van der Waals surface area contributed by atoms with Gasteiger partial charge in [-0.2, -0.15) is 4.89 Å². The van der Waals surface area contributed by atoms with Crippen LogP contribution in [0.1, 0.15) is 11.9 Å². The highest BCUT2D eigenvalue weighted by Crippen LogP contribution is 2.34. The van der Waals surface area contributed by atoms with Gasteiger partial charge in [0.25, 0.3) is 5.69 Å². The summed E-state index contributed by atoms with van der Waals surface area (Å²) < 4.78 is 15.6. The van der Waals surface area contributed by atoms with Gasteiger partial charge in [0.2, 0.25) is 0 Å². The largest absolute Gasteiger partial charge is 0.370 e. The first kappa shape index (κ1) is 13.3. The van der Waals surface area contributed by atoms with Gasteiger partial charge in [0.15, 0.2) is 12.0 Å². The first-order chi connectivity index (χ1) is 9.74. The standard InChI is InChI=1S/C12H13NO7/c14-13(15)11-2-1-8(20-19-7-9-6-18-9)5-10(11)12-16-3-4-17-12/h1-2,5,9,12H,3-4,6-7H2. The van der Waals surface area contributed by atoms with Crippen LogP contribution in [0.25, 0.3) is 0 Å². The number of epoxide rings is 1. The van der Waals surface area contributed by atoms with Gasteiger partial charge in [-0.1, -0.05) is 0 Å². The first-order valence-electron chi connectivity index (χ1n) is 6.16. The van der Waals surface area contributed by atoms with E-state index in [1.807, 2.05) is 0 Å². The molecular formula is C12H13NO7. The predicted molar refractivity (Wildman–Crippen MR) is 64.1 cm³/mol. The van der Waals surface area contributed by atoms with Crippen LogP contribution in [-0.2, 0) is 19.1 Å². The van der Waals surface area contributed by atoms with Crippen molar-refractivity contribution in [2.45, 2.75) is 12.4 Å². The average molecular weight is 283 g/mol. The van der Waals surface area contributed by atoms with E-state index in [1.165, 1.54) is 18.2 Å². The van der Waals surface area contributed by atoms with E-state index in [0.717, 1.165) is 0 Å². The molecule has 3 rings (SSSR count). The van der Waals surface area contributed by atoms with Crippen molar-refractivity contribution in [2.75, 3.05) is 26.4 Å². The van der Waals surface area contributed by atoms with Gasteiger partial charge in [-0.05, 0) is 12.1 Å². The zero-order valence-electron chi connectivity index (χ0n) is 10.5. The second-order valence-electron chi connectivity index (χ2n) is 4.37. The lowest BCUT2D eigenvalue weighted by atomic mass is 10.1. The molecule has 0 N–H and O–H groups in total. The monoisotopic (exact) mass is 283 g/mol. The van der Waals surface area contributed by atoms with Crippen molar-refractivity contribution in [3.8, 4) is 5.75 Å². The van der Waals surface area contributed by atoms with Crippen LogP contribution in [0, 0.1) is 10.1 Å². The van der Waals surface area contributed by atoms with E-state index in [0.29, 0.717) is 37.7 Å². The van der Waals surface area contributed by atoms with Gasteiger partial charge in [-0.25, -0.2) is 0 Å². The molecule has 1 unspecified atom stereocenters. The van der Waals surface area contributed by atoms with Crippen LogP contribution in [0.5, 0.6) is 5.75 Å². The Kier molecular flexibility index (Phi) is 3.79. The smallest absolute Gasteiger partial charge is 0.277 e. The van der Waals surface area contributed by atoms with Crippen molar-refractivity contribution < 1.29 is 28.9 Å². The number of nitrogens with zero attached hydrogens (tertiary/aromatic N) is 1. The lowest BCUT2D eigenvalue weighted by Gasteiger charge is -2.11. The Balaban J connectivity index is 1.73. The SMILES string of the molecule is O=[N+]([O-])c1ccc(OOCC2CO2)cc1C1OCCO1.